The Morgan fingerprint density at radius 2 is 2.03 bits per heavy atom. The third-order valence-corrected chi connectivity index (χ3v) is 6.58. The van der Waals surface area contributed by atoms with Crippen LogP contribution in [0.2, 0.25) is 5.02 Å². The van der Waals surface area contributed by atoms with Gasteiger partial charge in [0.15, 0.2) is 11.5 Å². The molecule has 0 spiro atoms. The molecular formula is C24H31ClN4O4. The molecule has 0 aliphatic carbocycles. The molecular weight excluding hydrogens is 444 g/mol. The number of rotatable bonds is 8. The van der Waals surface area contributed by atoms with Crippen molar-refractivity contribution < 1.29 is 18.8 Å². The number of ether oxygens (including phenoxy) is 1. The Hall–Kier alpha value is -2.42. The van der Waals surface area contributed by atoms with Crippen LogP contribution in [0.25, 0.3) is 11.3 Å². The van der Waals surface area contributed by atoms with Crippen LogP contribution in [0.3, 0.4) is 0 Å². The van der Waals surface area contributed by atoms with E-state index in [1.165, 1.54) is 0 Å². The van der Waals surface area contributed by atoms with Crippen LogP contribution < -0.4 is 0 Å². The number of carbonyl (C=O) groups is 2. The van der Waals surface area contributed by atoms with Crippen molar-refractivity contribution in [1.29, 1.82) is 0 Å². The van der Waals surface area contributed by atoms with Crippen molar-refractivity contribution in [3.63, 3.8) is 0 Å². The van der Waals surface area contributed by atoms with Crippen molar-refractivity contribution in [2.75, 3.05) is 52.4 Å². The first-order valence-corrected chi connectivity index (χ1v) is 12.0. The highest BCUT2D eigenvalue weighted by Gasteiger charge is 2.27. The minimum Gasteiger partial charge on any atom is -0.376 e. The van der Waals surface area contributed by atoms with Crippen LogP contribution in [0.15, 0.2) is 34.9 Å². The van der Waals surface area contributed by atoms with Gasteiger partial charge in [-0.15, -0.1) is 0 Å². The third kappa shape index (κ3) is 6.13. The largest absolute Gasteiger partial charge is 0.376 e. The number of hydrogen-bond donors (Lipinski definition) is 0. The van der Waals surface area contributed by atoms with Gasteiger partial charge >= 0.3 is 0 Å². The highest BCUT2D eigenvalue weighted by molar-refractivity contribution is 6.30. The Morgan fingerprint density at radius 3 is 2.73 bits per heavy atom. The van der Waals surface area contributed by atoms with E-state index in [1.54, 1.807) is 23.1 Å². The summed E-state index contributed by atoms with van der Waals surface area (Å²) in [6, 6.07) is 8.83. The van der Waals surface area contributed by atoms with E-state index in [9.17, 15) is 9.59 Å². The molecule has 1 aromatic heterocycles. The van der Waals surface area contributed by atoms with E-state index in [4.69, 9.17) is 20.9 Å². The number of piperazine rings is 1. The fourth-order valence-electron chi connectivity index (χ4n) is 4.33. The maximum absolute atomic E-state index is 13.3. The molecule has 9 heteroatoms. The van der Waals surface area contributed by atoms with Crippen LogP contribution >= 0.6 is 11.6 Å². The molecule has 33 heavy (non-hydrogen) atoms. The molecule has 1 aromatic carbocycles. The summed E-state index contributed by atoms with van der Waals surface area (Å²) in [5.74, 6) is 0.296. The molecule has 2 aliphatic heterocycles. The van der Waals surface area contributed by atoms with Gasteiger partial charge in [-0.25, -0.2) is 0 Å². The zero-order valence-electron chi connectivity index (χ0n) is 19.0. The van der Waals surface area contributed by atoms with Gasteiger partial charge in [0.05, 0.1) is 6.10 Å². The highest BCUT2D eigenvalue weighted by Crippen LogP contribution is 2.24. The molecule has 0 saturated carbocycles. The number of aromatic nitrogens is 1. The summed E-state index contributed by atoms with van der Waals surface area (Å²) < 4.78 is 11.2. The van der Waals surface area contributed by atoms with Gasteiger partial charge in [-0.05, 0) is 31.5 Å². The summed E-state index contributed by atoms with van der Waals surface area (Å²) in [4.78, 5) is 32.0. The van der Waals surface area contributed by atoms with Gasteiger partial charge in [0.2, 0.25) is 5.91 Å². The predicted molar refractivity (Wildman–Crippen MR) is 125 cm³/mol. The van der Waals surface area contributed by atoms with E-state index < -0.39 is 0 Å². The second-order valence-electron chi connectivity index (χ2n) is 8.54. The molecule has 178 valence electrons. The highest BCUT2D eigenvalue weighted by atomic mass is 35.5. The van der Waals surface area contributed by atoms with Crippen molar-refractivity contribution in [3.05, 3.63) is 41.0 Å². The fraction of sp³-hybridized carbons (Fsp3) is 0.542. The van der Waals surface area contributed by atoms with E-state index in [2.05, 4.69) is 17.0 Å². The molecule has 8 nitrogen and oxygen atoms in total. The number of nitrogens with zero attached hydrogens (tertiary/aromatic N) is 4. The van der Waals surface area contributed by atoms with Gasteiger partial charge in [0, 0.05) is 68.9 Å². The molecule has 0 bridgehead atoms. The van der Waals surface area contributed by atoms with Gasteiger partial charge in [0.1, 0.15) is 0 Å². The van der Waals surface area contributed by atoms with Crippen molar-refractivity contribution >= 4 is 23.4 Å². The maximum Gasteiger partial charge on any atom is 0.276 e. The summed E-state index contributed by atoms with van der Waals surface area (Å²) >= 11 is 6.07. The molecule has 2 aliphatic rings. The Labute approximate surface area is 199 Å². The number of amides is 2. The first-order valence-electron chi connectivity index (χ1n) is 11.7. The molecule has 2 fully saturated rings. The van der Waals surface area contributed by atoms with Crippen LogP contribution in [-0.2, 0) is 9.53 Å². The van der Waals surface area contributed by atoms with E-state index in [-0.39, 0.29) is 30.0 Å². The van der Waals surface area contributed by atoms with Crippen LogP contribution in [0.1, 0.15) is 36.7 Å². The monoisotopic (exact) mass is 474 g/mol. The molecule has 2 saturated heterocycles. The predicted octanol–water partition coefficient (Wildman–Crippen LogP) is 3.17. The average molecular weight is 475 g/mol. The maximum atomic E-state index is 13.3. The number of carbonyl (C=O) groups excluding carboxylic acids is 2. The minimum absolute atomic E-state index is 0.0172. The van der Waals surface area contributed by atoms with Crippen LogP contribution in [0.5, 0.6) is 0 Å². The molecule has 4 rings (SSSR count). The normalized spacial score (nSPS) is 19.1. The molecule has 3 heterocycles. The van der Waals surface area contributed by atoms with Crippen molar-refractivity contribution in [2.45, 2.75) is 32.3 Å². The lowest BCUT2D eigenvalue weighted by molar-refractivity contribution is -0.133. The standard InChI is InChI=1S/C24H31ClN4O4/c1-2-27-10-12-28(13-11-27)23(30)8-9-29(17-20-7-4-14-32-20)24(31)21-16-22(33-26-21)18-5-3-6-19(25)15-18/h3,5-6,15-16,20H,2,4,7-14,17H2,1H3/t20-/m0/s1. The fourth-order valence-corrected chi connectivity index (χ4v) is 4.52. The van der Waals surface area contributed by atoms with Crippen molar-refractivity contribution in [1.82, 2.24) is 19.9 Å². The zero-order chi connectivity index (χ0) is 23.2. The molecule has 0 N–H and O–H groups in total. The van der Waals surface area contributed by atoms with Crippen LogP contribution in [0, 0.1) is 0 Å². The topological polar surface area (TPSA) is 79.1 Å². The SMILES string of the molecule is CCN1CCN(C(=O)CCN(C[C@@H]2CCCO2)C(=O)c2cc(-c3cccc(Cl)c3)on2)CC1. The molecule has 0 unspecified atom stereocenters. The second-order valence-corrected chi connectivity index (χ2v) is 8.97. The van der Waals surface area contributed by atoms with Crippen molar-refractivity contribution in [3.8, 4) is 11.3 Å². The quantitative estimate of drug-likeness (QED) is 0.584. The smallest absolute Gasteiger partial charge is 0.276 e. The van der Waals surface area contributed by atoms with Crippen LogP contribution in [-0.4, -0.2) is 90.2 Å². The number of hydrogen-bond acceptors (Lipinski definition) is 6. The number of benzene rings is 1. The Bertz CT molecular complexity index is 951. The molecule has 2 aromatic rings. The summed E-state index contributed by atoms with van der Waals surface area (Å²) in [5.41, 5.74) is 0.966. The summed E-state index contributed by atoms with van der Waals surface area (Å²) in [5, 5.41) is 4.58. The Kier molecular flexibility index (Phi) is 8.01. The van der Waals surface area contributed by atoms with Crippen molar-refractivity contribution in [2.24, 2.45) is 0 Å². The lowest BCUT2D eigenvalue weighted by Crippen LogP contribution is -2.49. The van der Waals surface area contributed by atoms with E-state index in [1.807, 2.05) is 17.0 Å². The first kappa shape index (κ1) is 23.7. The molecule has 1 atom stereocenters. The minimum atomic E-state index is -0.258. The van der Waals surface area contributed by atoms with Gasteiger partial charge in [-0.2, -0.15) is 0 Å². The van der Waals surface area contributed by atoms with Gasteiger partial charge < -0.3 is 24.0 Å². The molecule has 0 radical (unpaired) electrons. The Balaban J connectivity index is 1.41. The molecule has 2 amide bonds. The van der Waals surface area contributed by atoms with Gasteiger partial charge in [-0.1, -0.05) is 35.8 Å². The summed E-state index contributed by atoms with van der Waals surface area (Å²) in [6.07, 6.45) is 2.15. The van der Waals surface area contributed by atoms with E-state index in [0.29, 0.717) is 30.5 Å². The summed E-state index contributed by atoms with van der Waals surface area (Å²) in [6.45, 7) is 7.86. The zero-order valence-corrected chi connectivity index (χ0v) is 19.8. The third-order valence-electron chi connectivity index (χ3n) is 6.34. The summed E-state index contributed by atoms with van der Waals surface area (Å²) in [7, 11) is 0. The van der Waals surface area contributed by atoms with E-state index in [0.717, 1.165) is 51.1 Å². The van der Waals surface area contributed by atoms with Gasteiger partial charge in [-0.3, -0.25) is 9.59 Å². The average Bonchev–Trinajstić information content (AvgIpc) is 3.53. The Morgan fingerprint density at radius 1 is 1.21 bits per heavy atom. The first-order chi connectivity index (χ1) is 16.0. The number of likely N-dealkylation sites (N-methyl/N-ethyl adjacent to an activating group) is 1. The van der Waals surface area contributed by atoms with Crippen LogP contribution in [0.4, 0.5) is 0 Å². The van der Waals surface area contributed by atoms with E-state index >= 15 is 0 Å². The lowest BCUT2D eigenvalue weighted by atomic mass is 10.1. The lowest BCUT2D eigenvalue weighted by Gasteiger charge is -2.34. The number of halogens is 1. The second kappa shape index (κ2) is 11.1. The van der Waals surface area contributed by atoms with Gasteiger partial charge in [0.25, 0.3) is 5.91 Å².